The Kier molecular flexibility index (Phi) is 6.79. The Bertz CT molecular complexity index is 210. The molecule has 0 aromatic rings. The van der Waals surface area contributed by atoms with Crippen LogP contribution in [0, 0.1) is 0 Å². The molecule has 0 radical (unpaired) electrons. The van der Waals surface area contributed by atoms with Crippen molar-refractivity contribution < 1.29 is 23.9 Å². The fraction of sp³-hybridized carbons (Fsp3) is 0.875. The third-order valence-electron chi connectivity index (χ3n) is 1.60. The summed E-state index contributed by atoms with van der Waals surface area (Å²) >= 11 is 0. The van der Waals surface area contributed by atoms with Crippen LogP contribution in [0.4, 0.5) is 0 Å². The van der Waals surface area contributed by atoms with Crippen LogP contribution in [0.25, 0.3) is 0 Å². The molecule has 6 heteroatoms. The van der Waals surface area contributed by atoms with Gasteiger partial charge in [-0.3, -0.25) is 9.36 Å². The minimum absolute atomic E-state index is 0.249. The molecule has 5 nitrogen and oxygen atoms in total. The van der Waals surface area contributed by atoms with E-state index < -0.39 is 19.7 Å². The maximum absolute atomic E-state index is 10.8. The van der Waals surface area contributed by atoms with Crippen LogP contribution < -0.4 is 0 Å². The van der Waals surface area contributed by atoms with Crippen molar-refractivity contribution in [3.05, 3.63) is 0 Å². The van der Waals surface area contributed by atoms with Crippen LogP contribution in [0.1, 0.15) is 32.6 Å². The van der Waals surface area contributed by atoms with Gasteiger partial charge >= 0.3 is 13.6 Å². The summed E-state index contributed by atoms with van der Waals surface area (Å²) in [6, 6.07) is 0. The number of hydrogen-bond donors (Lipinski definition) is 2. The van der Waals surface area contributed by atoms with Gasteiger partial charge in [0.2, 0.25) is 0 Å². The van der Waals surface area contributed by atoms with E-state index in [2.05, 4.69) is 11.7 Å². The second kappa shape index (κ2) is 6.98. The third kappa shape index (κ3) is 9.71. The lowest BCUT2D eigenvalue weighted by molar-refractivity contribution is -0.140. The molecule has 0 spiro atoms. The molecule has 0 fully saturated rings. The van der Waals surface area contributed by atoms with Gasteiger partial charge in [0.05, 0.1) is 6.61 Å². The monoisotopic (exact) mass is 224 g/mol. The van der Waals surface area contributed by atoms with Gasteiger partial charge in [0.15, 0.2) is 0 Å². The Balaban J connectivity index is 3.41. The first-order valence-corrected chi connectivity index (χ1v) is 6.45. The number of esters is 1. The first-order chi connectivity index (χ1) is 6.45. The Morgan fingerprint density at radius 2 is 1.93 bits per heavy atom. The predicted octanol–water partition coefficient (Wildman–Crippen LogP) is 1.29. The molecule has 0 aromatic carbocycles. The predicted molar refractivity (Wildman–Crippen MR) is 52.0 cm³/mol. The normalized spacial score (nSPS) is 11.4. The molecule has 0 aliphatic rings. The highest BCUT2D eigenvalue weighted by Crippen LogP contribution is 2.33. The Morgan fingerprint density at radius 1 is 1.29 bits per heavy atom. The zero-order chi connectivity index (χ0) is 11.0. The van der Waals surface area contributed by atoms with Crippen LogP contribution in [-0.4, -0.2) is 28.5 Å². The molecule has 0 rings (SSSR count). The zero-order valence-electron chi connectivity index (χ0n) is 8.31. The van der Waals surface area contributed by atoms with Crippen molar-refractivity contribution in [2.45, 2.75) is 32.6 Å². The number of unbranched alkanes of at least 4 members (excludes halogenated alkanes) is 3. The average molecular weight is 224 g/mol. The molecule has 0 aromatic heterocycles. The highest BCUT2D eigenvalue weighted by Gasteiger charge is 2.19. The summed E-state index contributed by atoms with van der Waals surface area (Å²) in [6.45, 7) is 2.32. The lowest BCUT2D eigenvalue weighted by atomic mass is 10.2. The summed E-state index contributed by atoms with van der Waals surface area (Å²) in [5.41, 5.74) is 0. The largest absolute Gasteiger partial charge is 0.465 e. The van der Waals surface area contributed by atoms with Crippen LogP contribution in [0.3, 0.4) is 0 Å². The zero-order valence-corrected chi connectivity index (χ0v) is 9.20. The minimum Gasteiger partial charge on any atom is -0.465 e. The van der Waals surface area contributed by atoms with E-state index in [-0.39, 0.29) is 6.61 Å². The van der Waals surface area contributed by atoms with E-state index in [1.165, 1.54) is 0 Å². The molecule has 0 aliphatic carbocycles. The molecule has 0 unspecified atom stereocenters. The molecule has 0 bridgehead atoms. The smallest absolute Gasteiger partial charge is 0.336 e. The number of carbonyl (C=O) groups excluding carboxylic acids is 1. The number of ether oxygens (including phenoxy) is 1. The first kappa shape index (κ1) is 13.6. The molecule has 0 aliphatic heterocycles. The fourth-order valence-corrected chi connectivity index (χ4v) is 1.36. The highest BCUT2D eigenvalue weighted by molar-refractivity contribution is 7.52. The van der Waals surface area contributed by atoms with E-state index in [0.29, 0.717) is 0 Å². The minimum atomic E-state index is -4.26. The molecular formula is C8H17O5P. The van der Waals surface area contributed by atoms with Gasteiger partial charge in [-0.25, -0.2) is 0 Å². The van der Waals surface area contributed by atoms with Gasteiger partial charge in [-0.1, -0.05) is 26.2 Å². The number of rotatable bonds is 7. The summed E-state index contributed by atoms with van der Waals surface area (Å²) in [4.78, 5) is 27.7. The standard InChI is InChI=1S/C8H17O5P/c1-2-3-4-5-6-13-8(9)7-14(10,11)12/h2-7H2,1H3,(H2,10,11,12). The van der Waals surface area contributed by atoms with Gasteiger partial charge in [-0.15, -0.1) is 0 Å². The molecule has 0 saturated carbocycles. The number of hydrogen-bond acceptors (Lipinski definition) is 3. The summed E-state index contributed by atoms with van der Waals surface area (Å²) in [6.07, 6.45) is 3.08. The topological polar surface area (TPSA) is 83.8 Å². The molecular weight excluding hydrogens is 207 g/mol. The van der Waals surface area contributed by atoms with Crippen molar-refractivity contribution in [1.82, 2.24) is 0 Å². The van der Waals surface area contributed by atoms with Crippen LogP contribution in [0.5, 0.6) is 0 Å². The summed E-state index contributed by atoms with van der Waals surface area (Å²) < 4.78 is 15.0. The average Bonchev–Trinajstić information content (AvgIpc) is 2.00. The molecule has 0 amide bonds. The van der Waals surface area contributed by atoms with E-state index in [1.807, 2.05) is 0 Å². The van der Waals surface area contributed by atoms with Gasteiger partial charge in [0.25, 0.3) is 0 Å². The van der Waals surface area contributed by atoms with E-state index in [1.54, 1.807) is 0 Å². The quantitative estimate of drug-likeness (QED) is 0.386. The van der Waals surface area contributed by atoms with Crippen molar-refractivity contribution in [2.75, 3.05) is 12.8 Å². The second-order valence-electron chi connectivity index (χ2n) is 3.10. The summed E-state index contributed by atoms with van der Waals surface area (Å²) in [5, 5.41) is 0. The number of carbonyl (C=O) groups is 1. The second-order valence-corrected chi connectivity index (χ2v) is 4.75. The van der Waals surface area contributed by atoms with Gasteiger partial charge in [-0.2, -0.15) is 0 Å². The summed E-state index contributed by atoms with van der Waals surface area (Å²) in [7, 11) is -4.26. The van der Waals surface area contributed by atoms with Crippen LogP contribution >= 0.6 is 7.60 Å². The van der Waals surface area contributed by atoms with Crippen molar-refractivity contribution >= 4 is 13.6 Å². The van der Waals surface area contributed by atoms with Crippen LogP contribution in [-0.2, 0) is 14.1 Å². The van der Waals surface area contributed by atoms with Crippen molar-refractivity contribution in [3.8, 4) is 0 Å². The first-order valence-electron chi connectivity index (χ1n) is 4.66. The maximum atomic E-state index is 10.8. The molecule has 2 N–H and O–H groups in total. The van der Waals surface area contributed by atoms with Gasteiger partial charge in [-0.05, 0) is 6.42 Å². The Labute approximate surface area is 83.6 Å². The highest BCUT2D eigenvalue weighted by atomic mass is 31.2. The maximum Gasteiger partial charge on any atom is 0.336 e. The SMILES string of the molecule is CCCCCCOC(=O)CP(=O)(O)O. The van der Waals surface area contributed by atoms with Crippen LogP contribution in [0.2, 0.25) is 0 Å². The van der Waals surface area contributed by atoms with Gasteiger partial charge < -0.3 is 14.5 Å². The lowest BCUT2D eigenvalue weighted by Gasteiger charge is -2.05. The van der Waals surface area contributed by atoms with E-state index in [0.717, 1.165) is 25.7 Å². The van der Waals surface area contributed by atoms with Crippen molar-refractivity contribution in [1.29, 1.82) is 0 Å². The van der Waals surface area contributed by atoms with E-state index >= 15 is 0 Å². The van der Waals surface area contributed by atoms with Crippen LogP contribution in [0.15, 0.2) is 0 Å². The molecule has 0 heterocycles. The van der Waals surface area contributed by atoms with Crippen molar-refractivity contribution in [3.63, 3.8) is 0 Å². The Hall–Kier alpha value is -0.380. The van der Waals surface area contributed by atoms with E-state index in [4.69, 9.17) is 9.79 Å². The Morgan fingerprint density at radius 3 is 2.43 bits per heavy atom. The fourth-order valence-electron chi connectivity index (χ4n) is 0.929. The van der Waals surface area contributed by atoms with Gasteiger partial charge in [0, 0.05) is 0 Å². The molecule has 0 saturated heterocycles. The van der Waals surface area contributed by atoms with Crippen molar-refractivity contribution in [2.24, 2.45) is 0 Å². The van der Waals surface area contributed by atoms with Gasteiger partial charge in [0.1, 0.15) is 6.16 Å². The molecule has 84 valence electrons. The summed E-state index contributed by atoms with van der Waals surface area (Å²) in [5.74, 6) is -0.824. The third-order valence-corrected chi connectivity index (χ3v) is 2.27. The molecule has 14 heavy (non-hydrogen) atoms. The van der Waals surface area contributed by atoms with E-state index in [9.17, 15) is 9.36 Å². The molecule has 0 atom stereocenters. The lowest BCUT2D eigenvalue weighted by Crippen LogP contribution is -2.10.